The molecular formula is C16H12N4O4. The van der Waals surface area contributed by atoms with Crippen molar-refractivity contribution in [1.29, 1.82) is 0 Å². The van der Waals surface area contributed by atoms with Crippen molar-refractivity contribution in [2.75, 3.05) is 0 Å². The maximum absolute atomic E-state index is 11.0. The average molecular weight is 324 g/mol. The minimum absolute atomic E-state index is 0.160. The highest BCUT2D eigenvalue weighted by Crippen LogP contribution is 2.23. The third-order valence-corrected chi connectivity index (χ3v) is 3.24. The van der Waals surface area contributed by atoms with Crippen LogP contribution >= 0.6 is 0 Å². The van der Waals surface area contributed by atoms with Crippen LogP contribution in [0.3, 0.4) is 0 Å². The molecule has 0 saturated carbocycles. The van der Waals surface area contributed by atoms with Gasteiger partial charge in [0.05, 0.1) is 11.3 Å². The summed E-state index contributed by atoms with van der Waals surface area (Å²) in [4.78, 5) is 19.9. The lowest BCUT2D eigenvalue weighted by Crippen LogP contribution is -1.98. The van der Waals surface area contributed by atoms with Gasteiger partial charge in [0, 0.05) is 24.3 Å². The summed E-state index contributed by atoms with van der Waals surface area (Å²) in [5, 5.41) is 19.9. The van der Waals surface area contributed by atoms with Crippen LogP contribution in [-0.4, -0.2) is 33.6 Å². The first-order valence-corrected chi connectivity index (χ1v) is 6.92. The molecule has 2 aromatic rings. The first kappa shape index (κ1) is 15.3. The maximum Gasteiger partial charge on any atom is 0.335 e. The largest absolute Gasteiger partial charge is 0.478 e. The Bertz CT molecular complexity index is 880. The number of allylic oxidation sites excluding steroid dienone is 4. The molecule has 0 unspecified atom stereocenters. The second kappa shape index (κ2) is 6.69. The quantitative estimate of drug-likeness (QED) is 0.669. The molecule has 0 aliphatic heterocycles. The molecule has 1 N–H and O–H groups in total. The minimum Gasteiger partial charge on any atom is -0.478 e. The van der Waals surface area contributed by atoms with Crippen LogP contribution in [0.5, 0.6) is 0 Å². The zero-order chi connectivity index (χ0) is 16.9. The summed E-state index contributed by atoms with van der Waals surface area (Å²) in [6.45, 7) is 3.17. The highest BCUT2D eigenvalue weighted by molar-refractivity contribution is 6.00. The molecule has 0 spiro atoms. The first-order chi connectivity index (χ1) is 11.7. The molecule has 0 saturated heterocycles. The van der Waals surface area contributed by atoms with E-state index in [0.717, 1.165) is 5.57 Å². The third kappa shape index (κ3) is 3.27. The van der Waals surface area contributed by atoms with Crippen molar-refractivity contribution in [1.82, 2.24) is 10.1 Å². The van der Waals surface area contributed by atoms with Crippen molar-refractivity contribution < 1.29 is 19.4 Å². The number of aromatic carboxylic acids is 1. The lowest BCUT2D eigenvalue weighted by Gasteiger charge is -2.03. The zero-order valence-corrected chi connectivity index (χ0v) is 12.4. The molecule has 120 valence electrons. The van der Waals surface area contributed by atoms with Crippen LogP contribution in [0.1, 0.15) is 22.7 Å². The number of benzene rings is 1. The van der Waals surface area contributed by atoms with E-state index >= 15 is 0 Å². The fourth-order valence-corrected chi connectivity index (χ4v) is 2.09. The number of nitrogens with zero attached hydrogens (tertiary/aromatic N) is 4. The van der Waals surface area contributed by atoms with Crippen LogP contribution in [0, 0.1) is 0 Å². The van der Waals surface area contributed by atoms with E-state index in [1.807, 2.05) is 6.08 Å². The molecule has 0 fully saturated rings. The van der Waals surface area contributed by atoms with Crippen LogP contribution in [0.4, 0.5) is 0 Å². The summed E-state index contributed by atoms with van der Waals surface area (Å²) in [6, 6.07) is 6.34. The maximum atomic E-state index is 11.0. The van der Waals surface area contributed by atoms with Gasteiger partial charge in [-0.2, -0.15) is 4.98 Å². The Balaban J connectivity index is 1.81. The molecule has 8 heteroatoms. The van der Waals surface area contributed by atoms with E-state index in [1.54, 1.807) is 24.3 Å². The van der Waals surface area contributed by atoms with Gasteiger partial charge in [0.1, 0.15) is 0 Å². The predicted octanol–water partition coefficient (Wildman–Crippen LogP) is 2.77. The average Bonchev–Trinajstić information content (AvgIpc) is 3.10. The second-order valence-corrected chi connectivity index (χ2v) is 4.80. The van der Waals surface area contributed by atoms with Gasteiger partial charge in [-0.15, -0.1) is 0 Å². The van der Waals surface area contributed by atoms with E-state index in [1.165, 1.54) is 12.1 Å². The molecular weight excluding hydrogens is 312 g/mol. The number of carbonyl (C=O) groups is 1. The summed E-state index contributed by atoms with van der Waals surface area (Å²) in [7, 11) is 0. The van der Waals surface area contributed by atoms with Gasteiger partial charge in [-0.3, -0.25) is 0 Å². The molecule has 3 rings (SSSR count). The normalized spacial score (nSPS) is 15.2. The van der Waals surface area contributed by atoms with Gasteiger partial charge in [-0.25, -0.2) is 9.73 Å². The molecule has 0 radical (unpaired) electrons. The van der Waals surface area contributed by atoms with Gasteiger partial charge in [0.2, 0.25) is 5.82 Å². The Kier molecular flexibility index (Phi) is 4.28. The molecule has 1 heterocycles. The van der Waals surface area contributed by atoms with Gasteiger partial charge >= 0.3 is 5.97 Å². The van der Waals surface area contributed by atoms with Crippen LogP contribution < -0.4 is 0 Å². The lowest BCUT2D eigenvalue weighted by molar-refractivity contribution is 0.0697. The number of hydrogen-bond acceptors (Lipinski definition) is 7. The Morgan fingerprint density at radius 2 is 2.25 bits per heavy atom. The van der Waals surface area contributed by atoms with Crippen molar-refractivity contribution in [3.8, 4) is 11.4 Å². The molecule has 1 aromatic heterocycles. The van der Waals surface area contributed by atoms with Crippen LogP contribution in [0.25, 0.3) is 17.0 Å². The topological polar surface area (TPSA) is 110 Å². The highest BCUT2D eigenvalue weighted by atomic mass is 16.8. The van der Waals surface area contributed by atoms with E-state index in [-0.39, 0.29) is 5.56 Å². The zero-order valence-electron chi connectivity index (χ0n) is 12.4. The first-order valence-electron chi connectivity index (χ1n) is 6.92. The van der Waals surface area contributed by atoms with Gasteiger partial charge in [-0.1, -0.05) is 33.7 Å². The SMILES string of the molecule is C=NO/N=C1/C=CC(c2nc(-c3cccc(C(=O)O)c3)no2)=CC1. The Hall–Kier alpha value is -3.55. The van der Waals surface area contributed by atoms with E-state index < -0.39 is 5.97 Å². The summed E-state index contributed by atoms with van der Waals surface area (Å²) in [5.74, 6) is -0.355. The molecule has 8 nitrogen and oxygen atoms in total. The van der Waals surface area contributed by atoms with Crippen molar-refractivity contribution in [3.63, 3.8) is 0 Å². The van der Waals surface area contributed by atoms with E-state index in [2.05, 4.69) is 32.1 Å². The van der Waals surface area contributed by atoms with Crippen molar-refractivity contribution in [3.05, 3.63) is 53.9 Å². The molecule has 0 amide bonds. The number of aromatic nitrogens is 2. The van der Waals surface area contributed by atoms with Gasteiger partial charge in [0.15, 0.2) is 0 Å². The highest BCUT2D eigenvalue weighted by Gasteiger charge is 2.15. The number of carboxylic acid groups (broad SMARTS) is 1. The van der Waals surface area contributed by atoms with Gasteiger partial charge < -0.3 is 9.63 Å². The lowest BCUT2D eigenvalue weighted by atomic mass is 10.1. The van der Waals surface area contributed by atoms with Crippen LogP contribution in [0.2, 0.25) is 0 Å². The molecule has 1 aliphatic carbocycles. The van der Waals surface area contributed by atoms with Crippen LogP contribution in [-0.2, 0) is 4.94 Å². The Morgan fingerprint density at radius 1 is 1.38 bits per heavy atom. The van der Waals surface area contributed by atoms with Gasteiger partial charge in [0.25, 0.3) is 5.89 Å². The fraction of sp³-hybridized carbons (Fsp3) is 0.0625. The summed E-state index contributed by atoms with van der Waals surface area (Å²) in [5.41, 5.74) is 2.15. The smallest absolute Gasteiger partial charge is 0.335 e. The number of carboxylic acids is 1. The molecule has 1 aromatic carbocycles. The molecule has 0 atom stereocenters. The summed E-state index contributed by atoms with van der Waals surface area (Å²) in [6.07, 6.45) is 5.89. The van der Waals surface area contributed by atoms with Gasteiger partial charge in [-0.05, 0) is 24.3 Å². The van der Waals surface area contributed by atoms with E-state index in [0.29, 0.717) is 29.4 Å². The Morgan fingerprint density at radius 3 is 2.96 bits per heavy atom. The summed E-state index contributed by atoms with van der Waals surface area (Å²) >= 11 is 0. The van der Waals surface area contributed by atoms with E-state index in [4.69, 9.17) is 9.63 Å². The van der Waals surface area contributed by atoms with Crippen molar-refractivity contribution >= 4 is 24.0 Å². The Labute approximate surface area is 136 Å². The number of oxime groups is 2. The molecule has 1 aliphatic rings. The van der Waals surface area contributed by atoms with E-state index in [9.17, 15) is 4.79 Å². The molecule has 0 bridgehead atoms. The fourth-order valence-electron chi connectivity index (χ4n) is 2.09. The predicted molar refractivity (Wildman–Crippen MR) is 86.5 cm³/mol. The standard InChI is InChI=1S/C16H12N4O4/c1-17-24-19-13-7-5-10(6-8-13)15-18-14(20-23-15)11-3-2-4-12(9-11)16(21)22/h2-7,9H,1,8H2,(H,21,22)/b19-13-. The monoisotopic (exact) mass is 324 g/mol. The van der Waals surface area contributed by atoms with Crippen molar-refractivity contribution in [2.45, 2.75) is 6.42 Å². The van der Waals surface area contributed by atoms with Crippen molar-refractivity contribution in [2.24, 2.45) is 10.3 Å². The second-order valence-electron chi connectivity index (χ2n) is 4.80. The molecule has 24 heavy (non-hydrogen) atoms. The third-order valence-electron chi connectivity index (χ3n) is 3.24. The minimum atomic E-state index is -1.01. The number of hydrogen-bond donors (Lipinski definition) is 1. The summed E-state index contributed by atoms with van der Waals surface area (Å²) < 4.78 is 5.25. The number of rotatable bonds is 5. The van der Waals surface area contributed by atoms with Crippen LogP contribution in [0.15, 0.2) is 57.3 Å².